The van der Waals surface area contributed by atoms with E-state index in [2.05, 4.69) is 15.6 Å². The quantitative estimate of drug-likeness (QED) is 0.233. The first-order chi connectivity index (χ1) is 18.0. The molecule has 0 fully saturated rings. The summed E-state index contributed by atoms with van der Waals surface area (Å²) in [5, 5.41) is 6.51. The molecule has 0 bridgehead atoms. The van der Waals surface area contributed by atoms with E-state index >= 15 is 0 Å². The third-order valence-electron chi connectivity index (χ3n) is 5.30. The van der Waals surface area contributed by atoms with Gasteiger partial charge in [-0.15, -0.1) is 0 Å². The lowest BCUT2D eigenvalue weighted by molar-refractivity contribution is 0.144. The number of aromatic nitrogens is 1. The highest BCUT2D eigenvalue weighted by Crippen LogP contribution is 2.38. The third kappa shape index (κ3) is 6.32. The number of ether oxygens (including phenoxy) is 5. The average molecular weight is 524 g/mol. The lowest BCUT2D eigenvalue weighted by atomic mass is 10.1. The molecule has 4 aromatic rings. The van der Waals surface area contributed by atoms with Crippen molar-refractivity contribution in [1.82, 2.24) is 4.98 Å². The van der Waals surface area contributed by atoms with Crippen molar-refractivity contribution >= 4 is 39.9 Å². The van der Waals surface area contributed by atoms with E-state index in [-0.39, 0.29) is 0 Å². The molecular formula is C27H26ClN3O6. The zero-order valence-corrected chi connectivity index (χ0v) is 21.3. The molecule has 3 aromatic carbocycles. The van der Waals surface area contributed by atoms with Crippen LogP contribution in [0.5, 0.6) is 28.7 Å². The Morgan fingerprint density at radius 3 is 2.38 bits per heavy atom. The van der Waals surface area contributed by atoms with E-state index in [1.807, 2.05) is 6.07 Å². The number of hydrogen-bond donors (Lipinski definition) is 2. The van der Waals surface area contributed by atoms with Crippen molar-refractivity contribution in [3.05, 3.63) is 71.9 Å². The number of para-hydroxylation sites is 2. The molecular weight excluding hydrogens is 498 g/mol. The van der Waals surface area contributed by atoms with Gasteiger partial charge in [0.15, 0.2) is 11.5 Å². The third-order valence-corrected chi connectivity index (χ3v) is 5.62. The summed E-state index contributed by atoms with van der Waals surface area (Å²) >= 11 is 6.44. The normalized spacial score (nSPS) is 10.6. The van der Waals surface area contributed by atoms with Gasteiger partial charge in [-0.25, -0.2) is 4.79 Å². The fraction of sp³-hybridized carbons (Fsp3) is 0.185. The van der Waals surface area contributed by atoms with Crippen LogP contribution >= 0.6 is 11.6 Å². The monoisotopic (exact) mass is 523 g/mol. The lowest BCUT2D eigenvalue weighted by Gasteiger charge is -2.15. The predicted molar refractivity (Wildman–Crippen MR) is 143 cm³/mol. The summed E-state index contributed by atoms with van der Waals surface area (Å²) in [7, 11) is 4.71. The SMILES string of the molecule is COCCOc1cc2nccc(Oc3ccc(NC(=O)Nc4ccccc4OC)c(Cl)c3)c2cc1OC. The van der Waals surface area contributed by atoms with Crippen LogP contribution in [-0.4, -0.2) is 45.6 Å². The number of amides is 2. The van der Waals surface area contributed by atoms with Gasteiger partial charge in [-0.2, -0.15) is 0 Å². The fourth-order valence-corrected chi connectivity index (χ4v) is 3.75. The minimum absolute atomic E-state index is 0.303. The van der Waals surface area contributed by atoms with Gasteiger partial charge < -0.3 is 34.3 Å². The molecule has 192 valence electrons. The van der Waals surface area contributed by atoms with Gasteiger partial charge >= 0.3 is 6.03 Å². The molecule has 1 heterocycles. The molecule has 37 heavy (non-hydrogen) atoms. The van der Waals surface area contributed by atoms with E-state index in [0.29, 0.717) is 63.9 Å². The number of halogens is 1. The summed E-state index contributed by atoms with van der Waals surface area (Å²) in [6, 6.07) is 17.0. The Morgan fingerprint density at radius 1 is 0.838 bits per heavy atom. The number of carbonyl (C=O) groups excluding carboxylic acids is 1. The van der Waals surface area contributed by atoms with Crippen molar-refractivity contribution in [2.24, 2.45) is 0 Å². The van der Waals surface area contributed by atoms with E-state index < -0.39 is 6.03 Å². The average Bonchev–Trinajstić information content (AvgIpc) is 2.90. The first kappa shape index (κ1) is 25.9. The molecule has 4 rings (SSSR count). The van der Waals surface area contributed by atoms with Gasteiger partial charge in [-0.05, 0) is 36.4 Å². The van der Waals surface area contributed by atoms with E-state index in [9.17, 15) is 4.79 Å². The first-order valence-electron chi connectivity index (χ1n) is 11.3. The molecule has 0 saturated heterocycles. The number of methoxy groups -OCH3 is 3. The molecule has 1 aromatic heterocycles. The predicted octanol–water partition coefficient (Wildman–Crippen LogP) is 6.37. The second kappa shape index (κ2) is 12.2. The Balaban J connectivity index is 1.50. The van der Waals surface area contributed by atoms with Crippen molar-refractivity contribution in [2.45, 2.75) is 0 Å². The smallest absolute Gasteiger partial charge is 0.323 e. The highest BCUT2D eigenvalue weighted by atomic mass is 35.5. The Morgan fingerprint density at radius 2 is 1.62 bits per heavy atom. The van der Waals surface area contributed by atoms with Gasteiger partial charge in [0.25, 0.3) is 0 Å². The number of anilines is 2. The van der Waals surface area contributed by atoms with Crippen LogP contribution in [0, 0.1) is 0 Å². The highest BCUT2D eigenvalue weighted by molar-refractivity contribution is 6.34. The number of urea groups is 1. The molecule has 0 aliphatic carbocycles. The maximum atomic E-state index is 12.5. The first-order valence-corrected chi connectivity index (χ1v) is 11.7. The van der Waals surface area contributed by atoms with Crippen molar-refractivity contribution < 1.29 is 28.5 Å². The maximum absolute atomic E-state index is 12.5. The largest absolute Gasteiger partial charge is 0.495 e. The van der Waals surface area contributed by atoms with Gasteiger partial charge in [-0.3, -0.25) is 4.98 Å². The molecule has 10 heteroatoms. The van der Waals surface area contributed by atoms with Crippen molar-refractivity contribution in [3.63, 3.8) is 0 Å². The van der Waals surface area contributed by atoms with Gasteiger partial charge in [0.2, 0.25) is 0 Å². The van der Waals surface area contributed by atoms with Crippen LogP contribution in [-0.2, 0) is 4.74 Å². The van der Waals surface area contributed by atoms with Gasteiger partial charge in [-0.1, -0.05) is 23.7 Å². The number of fused-ring (bicyclic) bond motifs is 1. The Bertz CT molecular complexity index is 1400. The Labute approximate surface area is 219 Å². The van der Waals surface area contributed by atoms with Crippen LogP contribution in [0.4, 0.5) is 16.2 Å². The molecule has 0 aliphatic rings. The van der Waals surface area contributed by atoms with E-state index in [1.54, 1.807) is 75.0 Å². The van der Waals surface area contributed by atoms with Crippen LogP contribution < -0.4 is 29.6 Å². The molecule has 2 N–H and O–H groups in total. The highest BCUT2D eigenvalue weighted by Gasteiger charge is 2.14. The van der Waals surface area contributed by atoms with E-state index in [4.69, 9.17) is 35.3 Å². The molecule has 0 radical (unpaired) electrons. The molecule has 0 spiro atoms. The summed E-state index contributed by atoms with van der Waals surface area (Å²) in [4.78, 5) is 16.9. The fourth-order valence-electron chi connectivity index (χ4n) is 3.54. The topological polar surface area (TPSA) is 100 Å². The molecule has 0 saturated carbocycles. The molecule has 9 nitrogen and oxygen atoms in total. The van der Waals surface area contributed by atoms with Gasteiger partial charge in [0, 0.05) is 30.8 Å². The van der Waals surface area contributed by atoms with Crippen LogP contribution in [0.2, 0.25) is 5.02 Å². The Hall–Kier alpha value is -4.21. The summed E-state index contributed by atoms with van der Waals surface area (Å²) in [5.74, 6) is 2.68. The number of hydrogen-bond acceptors (Lipinski definition) is 7. The Kier molecular flexibility index (Phi) is 8.50. The molecule has 0 aliphatic heterocycles. The number of pyridine rings is 1. The number of nitrogens with zero attached hydrogens (tertiary/aromatic N) is 1. The second-order valence-corrected chi connectivity index (χ2v) is 8.10. The van der Waals surface area contributed by atoms with Crippen LogP contribution in [0.1, 0.15) is 0 Å². The van der Waals surface area contributed by atoms with Crippen molar-refractivity contribution in [3.8, 4) is 28.7 Å². The zero-order chi connectivity index (χ0) is 26.2. The van der Waals surface area contributed by atoms with Crippen LogP contribution in [0.3, 0.4) is 0 Å². The minimum atomic E-state index is -0.462. The lowest BCUT2D eigenvalue weighted by Crippen LogP contribution is -2.20. The number of carbonyl (C=O) groups is 1. The minimum Gasteiger partial charge on any atom is -0.495 e. The van der Waals surface area contributed by atoms with Crippen molar-refractivity contribution in [1.29, 1.82) is 0 Å². The molecule has 2 amide bonds. The second-order valence-electron chi connectivity index (χ2n) is 7.69. The maximum Gasteiger partial charge on any atom is 0.323 e. The standard InChI is InChI=1S/C27H26ClN3O6/c1-33-12-13-36-26-16-22-18(15-25(26)35-3)23(10-11-29-22)37-17-8-9-20(19(28)14-17)30-27(32)31-21-6-4-5-7-24(21)34-2/h4-11,14-16H,12-13H2,1-3H3,(H2,30,31,32). The van der Waals surface area contributed by atoms with Gasteiger partial charge in [0.1, 0.15) is 23.9 Å². The van der Waals surface area contributed by atoms with Crippen LogP contribution in [0.15, 0.2) is 66.9 Å². The summed E-state index contributed by atoms with van der Waals surface area (Å²) in [6.07, 6.45) is 1.64. The zero-order valence-electron chi connectivity index (χ0n) is 20.5. The summed E-state index contributed by atoms with van der Waals surface area (Å²) in [6.45, 7) is 0.829. The van der Waals surface area contributed by atoms with E-state index in [0.717, 1.165) is 5.39 Å². The van der Waals surface area contributed by atoms with Crippen LogP contribution in [0.25, 0.3) is 10.9 Å². The molecule has 0 atom stereocenters. The number of benzene rings is 3. The van der Waals surface area contributed by atoms with Crippen molar-refractivity contribution in [2.75, 3.05) is 45.2 Å². The number of nitrogens with one attached hydrogen (secondary N) is 2. The summed E-state index contributed by atoms with van der Waals surface area (Å²) in [5.41, 5.74) is 1.62. The van der Waals surface area contributed by atoms with Gasteiger partial charge in [0.05, 0.1) is 42.7 Å². The van der Waals surface area contributed by atoms with E-state index in [1.165, 1.54) is 7.11 Å². The molecule has 0 unspecified atom stereocenters. The summed E-state index contributed by atoms with van der Waals surface area (Å²) < 4.78 is 27.7. The number of rotatable bonds is 10.